The highest BCUT2D eigenvalue weighted by Gasteiger charge is 2.45. The molecule has 1 aliphatic heterocycles. The molecule has 2 saturated carbocycles. The van der Waals surface area contributed by atoms with E-state index in [1.54, 1.807) is 0 Å². The fraction of sp³-hybridized carbons (Fsp3) is 1.00. The lowest BCUT2D eigenvalue weighted by Gasteiger charge is -2.33. The van der Waals surface area contributed by atoms with E-state index in [9.17, 15) is 0 Å². The van der Waals surface area contributed by atoms with Crippen LogP contribution < -0.4 is 5.73 Å². The van der Waals surface area contributed by atoms with E-state index in [1.807, 2.05) is 0 Å². The van der Waals surface area contributed by atoms with Gasteiger partial charge in [0.05, 0.1) is 0 Å². The first-order valence-electron chi connectivity index (χ1n) is 8.76. The van der Waals surface area contributed by atoms with E-state index in [0.717, 1.165) is 23.7 Å². The zero-order valence-corrected chi connectivity index (χ0v) is 12.7. The molecule has 2 bridgehead atoms. The van der Waals surface area contributed by atoms with Gasteiger partial charge in [-0.05, 0) is 75.3 Å². The molecule has 0 radical (unpaired) electrons. The van der Waals surface area contributed by atoms with E-state index in [1.165, 1.54) is 71.0 Å². The Morgan fingerprint density at radius 2 is 1.89 bits per heavy atom. The second-order valence-electron chi connectivity index (χ2n) is 7.46. The van der Waals surface area contributed by atoms with E-state index < -0.39 is 0 Å². The summed E-state index contributed by atoms with van der Waals surface area (Å²) in [6.07, 6.45) is 11.5. The van der Waals surface area contributed by atoms with Crippen LogP contribution in [-0.2, 0) is 0 Å². The highest BCUT2D eigenvalue weighted by molar-refractivity contribution is 4.99. The van der Waals surface area contributed by atoms with Crippen LogP contribution in [0.1, 0.15) is 58.3 Å². The van der Waals surface area contributed by atoms with Crippen LogP contribution in [0.4, 0.5) is 0 Å². The first-order valence-corrected chi connectivity index (χ1v) is 8.76. The molecule has 2 nitrogen and oxygen atoms in total. The second kappa shape index (κ2) is 6.13. The molecule has 0 amide bonds. The fourth-order valence-corrected chi connectivity index (χ4v) is 5.13. The number of hydrogen-bond acceptors (Lipinski definition) is 2. The summed E-state index contributed by atoms with van der Waals surface area (Å²) in [6, 6.07) is 0.522. The van der Waals surface area contributed by atoms with Gasteiger partial charge in [0.25, 0.3) is 0 Å². The van der Waals surface area contributed by atoms with Gasteiger partial charge in [-0.15, -0.1) is 0 Å². The summed E-state index contributed by atoms with van der Waals surface area (Å²) >= 11 is 0. The second-order valence-corrected chi connectivity index (χ2v) is 7.46. The van der Waals surface area contributed by atoms with Crippen molar-refractivity contribution in [1.82, 2.24) is 4.90 Å². The molecule has 1 heterocycles. The monoisotopic (exact) mass is 264 g/mol. The van der Waals surface area contributed by atoms with Crippen LogP contribution in [0, 0.1) is 23.7 Å². The highest BCUT2D eigenvalue weighted by atomic mass is 15.1. The molecule has 110 valence electrons. The van der Waals surface area contributed by atoms with E-state index in [-0.39, 0.29) is 0 Å². The minimum absolute atomic E-state index is 0.522. The van der Waals surface area contributed by atoms with Gasteiger partial charge in [0.15, 0.2) is 0 Å². The summed E-state index contributed by atoms with van der Waals surface area (Å²) in [4.78, 5) is 2.75. The van der Waals surface area contributed by atoms with Crippen LogP contribution >= 0.6 is 0 Å². The number of likely N-dealkylation sites (tertiary alicyclic amines) is 1. The number of fused-ring (bicyclic) bond motifs is 2. The zero-order chi connectivity index (χ0) is 13.2. The molecule has 3 aliphatic rings. The van der Waals surface area contributed by atoms with Crippen molar-refractivity contribution in [3.05, 3.63) is 0 Å². The van der Waals surface area contributed by atoms with Crippen LogP contribution in [0.5, 0.6) is 0 Å². The van der Waals surface area contributed by atoms with Crippen molar-refractivity contribution in [2.45, 2.75) is 64.3 Å². The molecule has 0 aromatic heterocycles. The van der Waals surface area contributed by atoms with Crippen LogP contribution in [-0.4, -0.2) is 30.6 Å². The van der Waals surface area contributed by atoms with Crippen molar-refractivity contribution in [2.24, 2.45) is 29.4 Å². The molecule has 0 aromatic rings. The van der Waals surface area contributed by atoms with Crippen molar-refractivity contribution in [1.29, 1.82) is 0 Å². The Balaban J connectivity index is 1.50. The number of nitrogens with two attached hydrogens (primary N) is 1. The molecule has 19 heavy (non-hydrogen) atoms. The van der Waals surface area contributed by atoms with Crippen LogP contribution in [0.25, 0.3) is 0 Å². The van der Waals surface area contributed by atoms with Crippen molar-refractivity contribution < 1.29 is 0 Å². The average Bonchev–Trinajstić information content (AvgIpc) is 2.91. The van der Waals surface area contributed by atoms with E-state index in [2.05, 4.69) is 11.8 Å². The minimum atomic E-state index is 0.522. The standard InChI is InChI=1S/C17H32N2/c1-2-4-13-5-3-9-19(10-8-13)12-16-14-6-7-15(11-14)17(16)18/h13-17H,2-12,18H2,1H3. The summed E-state index contributed by atoms with van der Waals surface area (Å²) in [5.41, 5.74) is 6.47. The Kier molecular flexibility index (Phi) is 4.48. The predicted octanol–water partition coefficient (Wildman–Crippen LogP) is 3.26. The third-order valence-electron chi connectivity index (χ3n) is 6.26. The number of nitrogens with zero attached hydrogens (tertiary/aromatic N) is 1. The van der Waals surface area contributed by atoms with Crippen molar-refractivity contribution in [3.8, 4) is 0 Å². The van der Waals surface area contributed by atoms with Crippen molar-refractivity contribution in [2.75, 3.05) is 19.6 Å². The average molecular weight is 264 g/mol. The van der Waals surface area contributed by atoms with Gasteiger partial charge in [-0.3, -0.25) is 0 Å². The molecular formula is C17H32N2. The van der Waals surface area contributed by atoms with Gasteiger partial charge < -0.3 is 10.6 Å². The van der Waals surface area contributed by atoms with E-state index in [4.69, 9.17) is 5.73 Å². The van der Waals surface area contributed by atoms with Gasteiger partial charge in [0.2, 0.25) is 0 Å². The molecule has 0 spiro atoms. The lowest BCUT2D eigenvalue weighted by atomic mass is 9.84. The molecule has 0 aromatic carbocycles. The van der Waals surface area contributed by atoms with Crippen LogP contribution in [0.3, 0.4) is 0 Å². The molecule has 3 fully saturated rings. The molecule has 2 aliphatic carbocycles. The van der Waals surface area contributed by atoms with Gasteiger partial charge in [-0.1, -0.05) is 19.8 Å². The first-order chi connectivity index (χ1) is 9.28. The molecule has 5 atom stereocenters. The van der Waals surface area contributed by atoms with E-state index in [0.29, 0.717) is 6.04 Å². The van der Waals surface area contributed by atoms with E-state index >= 15 is 0 Å². The summed E-state index contributed by atoms with van der Waals surface area (Å²) in [5, 5.41) is 0. The van der Waals surface area contributed by atoms with Gasteiger partial charge in [0.1, 0.15) is 0 Å². The van der Waals surface area contributed by atoms with Gasteiger partial charge in [0, 0.05) is 12.6 Å². The van der Waals surface area contributed by atoms with Crippen LogP contribution in [0.2, 0.25) is 0 Å². The Morgan fingerprint density at radius 1 is 1.05 bits per heavy atom. The Labute approximate surface area is 119 Å². The van der Waals surface area contributed by atoms with Crippen molar-refractivity contribution in [3.63, 3.8) is 0 Å². The summed E-state index contributed by atoms with van der Waals surface area (Å²) < 4.78 is 0. The summed E-state index contributed by atoms with van der Waals surface area (Å²) in [7, 11) is 0. The minimum Gasteiger partial charge on any atom is -0.327 e. The highest BCUT2D eigenvalue weighted by Crippen LogP contribution is 2.47. The largest absolute Gasteiger partial charge is 0.327 e. The van der Waals surface area contributed by atoms with Gasteiger partial charge in [-0.2, -0.15) is 0 Å². The van der Waals surface area contributed by atoms with Gasteiger partial charge in [-0.25, -0.2) is 0 Å². The Hall–Kier alpha value is -0.0800. The molecule has 2 N–H and O–H groups in total. The number of rotatable bonds is 4. The lowest BCUT2D eigenvalue weighted by Crippen LogP contribution is -2.43. The zero-order valence-electron chi connectivity index (χ0n) is 12.7. The quantitative estimate of drug-likeness (QED) is 0.844. The normalized spacial score (nSPS) is 43.6. The Bertz CT molecular complexity index is 289. The topological polar surface area (TPSA) is 29.3 Å². The maximum Gasteiger partial charge on any atom is 0.0111 e. The van der Waals surface area contributed by atoms with Crippen LogP contribution in [0.15, 0.2) is 0 Å². The summed E-state index contributed by atoms with van der Waals surface area (Å²) in [5.74, 6) is 3.66. The van der Waals surface area contributed by atoms with Crippen molar-refractivity contribution >= 4 is 0 Å². The summed E-state index contributed by atoms with van der Waals surface area (Å²) in [6.45, 7) is 6.31. The third kappa shape index (κ3) is 3.00. The smallest absolute Gasteiger partial charge is 0.0111 e. The molecule has 2 heteroatoms. The molecule has 1 saturated heterocycles. The third-order valence-corrected chi connectivity index (χ3v) is 6.26. The van der Waals surface area contributed by atoms with Gasteiger partial charge >= 0.3 is 0 Å². The fourth-order valence-electron chi connectivity index (χ4n) is 5.13. The maximum atomic E-state index is 6.47. The molecule has 5 unspecified atom stereocenters. The predicted molar refractivity (Wildman–Crippen MR) is 81.0 cm³/mol. The SMILES string of the molecule is CCCC1CCCN(CC2C3CCC(C3)C2N)CC1. The first kappa shape index (κ1) is 13.9. The molecular weight excluding hydrogens is 232 g/mol. The number of hydrogen-bond donors (Lipinski definition) is 1. The maximum absolute atomic E-state index is 6.47. The lowest BCUT2D eigenvalue weighted by molar-refractivity contribution is 0.176. The molecule has 3 rings (SSSR count). The Morgan fingerprint density at radius 3 is 2.63 bits per heavy atom.